The van der Waals surface area contributed by atoms with E-state index >= 15 is 0 Å². The Labute approximate surface area is 123 Å². The summed E-state index contributed by atoms with van der Waals surface area (Å²) in [6, 6.07) is 11.9. The van der Waals surface area contributed by atoms with Gasteiger partial charge in [0.1, 0.15) is 12.2 Å². The van der Waals surface area contributed by atoms with Gasteiger partial charge in [-0.15, -0.1) is 0 Å². The molecule has 1 heterocycles. The highest BCUT2D eigenvalue weighted by Gasteiger charge is 2.33. The maximum atomic E-state index is 10.7. The van der Waals surface area contributed by atoms with Crippen LogP contribution < -0.4 is 4.74 Å². The van der Waals surface area contributed by atoms with Crippen LogP contribution in [0.4, 0.5) is 0 Å². The molecule has 0 saturated heterocycles. The molecule has 1 fully saturated rings. The molecule has 0 bridgehead atoms. The van der Waals surface area contributed by atoms with Crippen molar-refractivity contribution in [3.05, 3.63) is 46.8 Å². The van der Waals surface area contributed by atoms with Crippen LogP contribution in [0.5, 0.6) is 5.88 Å². The molecule has 1 saturated carbocycles. The van der Waals surface area contributed by atoms with E-state index in [-0.39, 0.29) is 0 Å². The van der Waals surface area contributed by atoms with Crippen LogP contribution in [0.1, 0.15) is 42.5 Å². The summed E-state index contributed by atoms with van der Waals surface area (Å²) in [5.74, 6) is 0.618. The van der Waals surface area contributed by atoms with Crippen LogP contribution in [0.25, 0.3) is 0 Å². The average molecular weight is 289 g/mol. The summed E-state index contributed by atoms with van der Waals surface area (Å²) in [4.78, 5) is 0.945. The van der Waals surface area contributed by atoms with Gasteiger partial charge in [-0.25, -0.2) is 0 Å². The highest BCUT2D eigenvalue weighted by molar-refractivity contribution is 7.06. The summed E-state index contributed by atoms with van der Waals surface area (Å²) in [5.41, 5.74) is 0.447. The van der Waals surface area contributed by atoms with Crippen LogP contribution >= 0.6 is 11.5 Å². The molecular weight excluding hydrogens is 270 g/mol. The molecule has 2 aromatic rings. The third kappa shape index (κ3) is 3.02. The largest absolute Gasteiger partial charge is 0.472 e. The van der Waals surface area contributed by atoms with Crippen molar-refractivity contribution >= 4 is 11.5 Å². The van der Waals surface area contributed by atoms with E-state index in [2.05, 4.69) is 4.37 Å². The number of hydrogen-bond acceptors (Lipinski definition) is 4. The van der Waals surface area contributed by atoms with Gasteiger partial charge >= 0.3 is 0 Å². The Bertz CT molecular complexity index is 547. The van der Waals surface area contributed by atoms with Gasteiger partial charge in [0.2, 0.25) is 5.88 Å². The zero-order chi connectivity index (χ0) is 13.8. The number of ether oxygens (including phenoxy) is 1. The highest BCUT2D eigenvalue weighted by Crippen LogP contribution is 2.40. The number of aromatic nitrogens is 1. The van der Waals surface area contributed by atoms with Crippen molar-refractivity contribution in [2.45, 2.75) is 44.3 Å². The van der Waals surface area contributed by atoms with Crippen LogP contribution in [0.3, 0.4) is 0 Å². The first-order valence-electron chi connectivity index (χ1n) is 7.13. The van der Waals surface area contributed by atoms with Crippen molar-refractivity contribution in [1.29, 1.82) is 0 Å². The first-order valence-corrected chi connectivity index (χ1v) is 7.90. The SMILES string of the molecule is OC1(c2cc(OCc3ccccc3)ns2)CCCCC1. The Hall–Kier alpha value is -1.39. The number of benzene rings is 1. The van der Waals surface area contributed by atoms with Gasteiger partial charge in [-0.05, 0) is 29.9 Å². The number of rotatable bonds is 4. The van der Waals surface area contributed by atoms with Crippen molar-refractivity contribution in [3.8, 4) is 5.88 Å². The minimum Gasteiger partial charge on any atom is -0.472 e. The fourth-order valence-corrected chi connectivity index (χ4v) is 3.48. The molecule has 0 spiro atoms. The normalized spacial score (nSPS) is 17.9. The molecule has 1 aliphatic rings. The van der Waals surface area contributed by atoms with E-state index in [0.29, 0.717) is 12.5 Å². The second kappa shape index (κ2) is 5.94. The molecule has 20 heavy (non-hydrogen) atoms. The summed E-state index contributed by atoms with van der Waals surface area (Å²) >= 11 is 1.37. The second-order valence-electron chi connectivity index (χ2n) is 5.40. The lowest BCUT2D eigenvalue weighted by Crippen LogP contribution is -2.27. The lowest BCUT2D eigenvalue weighted by molar-refractivity contribution is 0.00269. The Morgan fingerprint density at radius 2 is 1.90 bits per heavy atom. The summed E-state index contributed by atoms with van der Waals surface area (Å²) < 4.78 is 10.0. The molecule has 3 nitrogen and oxygen atoms in total. The van der Waals surface area contributed by atoms with E-state index in [1.165, 1.54) is 18.0 Å². The molecule has 1 N–H and O–H groups in total. The van der Waals surface area contributed by atoms with E-state index in [1.54, 1.807) is 0 Å². The molecule has 106 valence electrons. The monoisotopic (exact) mass is 289 g/mol. The summed E-state index contributed by atoms with van der Waals surface area (Å²) in [5, 5.41) is 10.7. The van der Waals surface area contributed by atoms with E-state index in [0.717, 1.165) is 36.1 Å². The maximum Gasteiger partial charge on any atom is 0.225 e. The smallest absolute Gasteiger partial charge is 0.225 e. The summed E-state index contributed by atoms with van der Waals surface area (Å²) in [6.07, 6.45) is 5.09. The van der Waals surface area contributed by atoms with Gasteiger partial charge in [-0.1, -0.05) is 49.6 Å². The highest BCUT2D eigenvalue weighted by atomic mass is 32.1. The predicted octanol–water partition coefficient (Wildman–Crippen LogP) is 3.87. The van der Waals surface area contributed by atoms with Crippen LogP contribution in [-0.2, 0) is 12.2 Å². The molecule has 1 aromatic carbocycles. The molecule has 4 heteroatoms. The van der Waals surface area contributed by atoms with Gasteiger partial charge in [0.25, 0.3) is 0 Å². The van der Waals surface area contributed by atoms with Gasteiger partial charge in [-0.2, -0.15) is 4.37 Å². The number of nitrogens with zero attached hydrogens (tertiary/aromatic N) is 1. The molecule has 0 amide bonds. The average Bonchev–Trinajstić information content (AvgIpc) is 2.97. The van der Waals surface area contributed by atoms with Gasteiger partial charge < -0.3 is 9.84 Å². The molecular formula is C16H19NO2S. The topological polar surface area (TPSA) is 42.4 Å². The minimum atomic E-state index is -0.676. The number of aliphatic hydroxyl groups is 1. The van der Waals surface area contributed by atoms with Gasteiger partial charge in [-0.3, -0.25) is 0 Å². The first-order chi connectivity index (χ1) is 9.76. The quantitative estimate of drug-likeness (QED) is 0.929. The molecule has 0 radical (unpaired) electrons. The Balaban J connectivity index is 1.65. The van der Waals surface area contributed by atoms with Crippen LogP contribution in [0.15, 0.2) is 36.4 Å². The van der Waals surface area contributed by atoms with E-state index < -0.39 is 5.60 Å². The molecule has 1 aromatic heterocycles. The van der Waals surface area contributed by atoms with Gasteiger partial charge in [0.05, 0.1) is 4.88 Å². The predicted molar refractivity (Wildman–Crippen MR) is 79.9 cm³/mol. The van der Waals surface area contributed by atoms with Crippen LogP contribution in [0, 0.1) is 0 Å². The molecule has 3 rings (SSSR count). The zero-order valence-corrected chi connectivity index (χ0v) is 12.2. The van der Waals surface area contributed by atoms with Gasteiger partial charge in [0, 0.05) is 6.07 Å². The van der Waals surface area contributed by atoms with Crippen LogP contribution in [0.2, 0.25) is 0 Å². The zero-order valence-electron chi connectivity index (χ0n) is 11.4. The third-order valence-corrected chi connectivity index (χ3v) is 4.82. The van der Waals surface area contributed by atoms with Gasteiger partial charge in [0.15, 0.2) is 0 Å². The van der Waals surface area contributed by atoms with Crippen molar-refractivity contribution in [2.24, 2.45) is 0 Å². The lowest BCUT2D eigenvalue weighted by Gasteiger charge is -2.30. The third-order valence-electron chi connectivity index (χ3n) is 3.86. The molecule has 0 aliphatic heterocycles. The lowest BCUT2D eigenvalue weighted by atomic mass is 9.84. The molecule has 0 unspecified atom stereocenters. The first kappa shape index (κ1) is 13.6. The summed E-state index contributed by atoms with van der Waals surface area (Å²) in [6.45, 7) is 0.516. The Morgan fingerprint density at radius 1 is 1.15 bits per heavy atom. The van der Waals surface area contributed by atoms with Crippen molar-refractivity contribution in [3.63, 3.8) is 0 Å². The van der Waals surface area contributed by atoms with Crippen LogP contribution in [-0.4, -0.2) is 9.48 Å². The fraction of sp³-hybridized carbons (Fsp3) is 0.438. The molecule has 0 atom stereocenters. The Kier molecular flexibility index (Phi) is 4.03. The fourth-order valence-electron chi connectivity index (χ4n) is 2.66. The van der Waals surface area contributed by atoms with E-state index in [9.17, 15) is 5.11 Å². The number of hydrogen-bond donors (Lipinski definition) is 1. The van der Waals surface area contributed by atoms with Crippen molar-refractivity contribution in [2.75, 3.05) is 0 Å². The second-order valence-corrected chi connectivity index (χ2v) is 6.20. The summed E-state index contributed by atoms with van der Waals surface area (Å²) in [7, 11) is 0. The Morgan fingerprint density at radius 3 is 2.65 bits per heavy atom. The van der Waals surface area contributed by atoms with Crippen molar-refractivity contribution < 1.29 is 9.84 Å². The molecule has 1 aliphatic carbocycles. The minimum absolute atomic E-state index is 0.516. The maximum absolute atomic E-state index is 10.7. The van der Waals surface area contributed by atoms with E-state index in [1.807, 2.05) is 36.4 Å². The van der Waals surface area contributed by atoms with Crippen molar-refractivity contribution in [1.82, 2.24) is 4.37 Å². The van der Waals surface area contributed by atoms with E-state index in [4.69, 9.17) is 4.74 Å². The standard InChI is InChI=1S/C16H19NO2S/c18-16(9-5-2-6-10-16)14-11-15(17-20-14)19-12-13-7-3-1-4-8-13/h1,3-4,7-8,11,18H,2,5-6,9-10,12H2.